The molecule has 3 nitrogen and oxygen atoms in total. The fourth-order valence-corrected chi connectivity index (χ4v) is 1.72. The summed E-state index contributed by atoms with van der Waals surface area (Å²) in [6.07, 6.45) is 8.40. The topological polar surface area (TPSA) is 30.5 Å². The van der Waals surface area contributed by atoms with Crippen molar-refractivity contribution in [3.05, 3.63) is 23.8 Å². The highest BCUT2D eigenvalue weighted by atomic mass is 16.5. The Bertz CT molecular complexity index is 433. The maximum absolute atomic E-state index is 5.69. The average molecular weight is 245 g/mol. The molecule has 0 radical (unpaired) electrons. The Morgan fingerprint density at radius 2 is 2.28 bits per heavy atom. The van der Waals surface area contributed by atoms with E-state index in [2.05, 4.69) is 11.2 Å². The molecule has 0 amide bonds. The molecule has 18 heavy (non-hydrogen) atoms. The molecule has 1 aliphatic carbocycles. The van der Waals surface area contributed by atoms with Crippen LogP contribution >= 0.6 is 0 Å². The summed E-state index contributed by atoms with van der Waals surface area (Å²) in [7, 11) is 1.67. The Kier molecular flexibility index (Phi) is 4.49. The first-order chi connectivity index (χ1) is 8.83. The minimum absolute atomic E-state index is 0.555. The minimum atomic E-state index is 0.555. The molecule has 0 atom stereocenters. The van der Waals surface area contributed by atoms with Crippen molar-refractivity contribution in [3.63, 3.8) is 0 Å². The second-order valence-electron chi connectivity index (χ2n) is 4.43. The van der Waals surface area contributed by atoms with Gasteiger partial charge in [-0.25, -0.2) is 0 Å². The van der Waals surface area contributed by atoms with Gasteiger partial charge in [0.05, 0.1) is 13.7 Å². The van der Waals surface area contributed by atoms with Gasteiger partial charge in [-0.15, -0.1) is 12.3 Å². The molecule has 1 N–H and O–H groups in total. The quantitative estimate of drug-likeness (QED) is 0.591. The summed E-state index contributed by atoms with van der Waals surface area (Å²) >= 11 is 0. The SMILES string of the molecule is C#CCCOc1ccc(OC)cc1CNC1CC1. The van der Waals surface area contributed by atoms with E-state index in [0.717, 1.165) is 23.6 Å². The highest BCUT2D eigenvalue weighted by Gasteiger charge is 2.20. The van der Waals surface area contributed by atoms with E-state index in [4.69, 9.17) is 15.9 Å². The van der Waals surface area contributed by atoms with E-state index in [1.807, 2.05) is 18.2 Å². The van der Waals surface area contributed by atoms with E-state index in [1.165, 1.54) is 12.8 Å². The largest absolute Gasteiger partial charge is 0.497 e. The van der Waals surface area contributed by atoms with Gasteiger partial charge in [-0.3, -0.25) is 0 Å². The molecule has 0 aliphatic heterocycles. The number of ether oxygens (including phenoxy) is 2. The fourth-order valence-electron chi connectivity index (χ4n) is 1.72. The van der Waals surface area contributed by atoms with Crippen LogP contribution in [0.2, 0.25) is 0 Å². The number of rotatable bonds is 7. The Balaban J connectivity index is 2.02. The van der Waals surface area contributed by atoms with Gasteiger partial charge in [0.25, 0.3) is 0 Å². The first kappa shape index (κ1) is 12.8. The van der Waals surface area contributed by atoms with Gasteiger partial charge in [0.2, 0.25) is 0 Å². The van der Waals surface area contributed by atoms with Gasteiger partial charge < -0.3 is 14.8 Å². The lowest BCUT2D eigenvalue weighted by Crippen LogP contribution is -2.16. The number of methoxy groups -OCH3 is 1. The molecule has 0 bridgehead atoms. The van der Waals surface area contributed by atoms with Gasteiger partial charge in [-0.2, -0.15) is 0 Å². The summed E-state index contributed by atoms with van der Waals surface area (Å²) in [5.74, 6) is 4.32. The van der Waals surface area contributed by atoms with E-state index in [0.29, 0.717) is 19.1 Å². The molecule has 1 fully saturated rings. The molecule has 0 saturated heterocycles. The minimum Gasteiger partial charge on any atom is -0.497 e. The van der Waals surface area contributed by atoms with Gasteiger partial charge in [-0.05, 0) is 31.0 Å². The Labute approximate surface area is 108 Å². The maximum Gasteiger partial charge on any atom is 0.124 e. The maximum atomic E-state index is 5.69. The first-order valence-corrected chi connectivity index (χ1v) is 6.30. The number of nitrogens with one attached hydrogen (secondary N) is 1. The van der Waals surface area contributed by atoms with Gasteiger partial charge in [0.15, 0.2) is 0 Å². The van der Waals surface area contributed by atoms with Crippen molar-refractivity contribution in [1.29, 1.82) is 0 Å². The van der Waals surface area contributed by atoms with Crippen LogP contribution in [0.15, 0.2) is 18.2 Å². The highest BCUT2D eigenvalue weighted by Crippen LogP contribution is 2.26. The van der Waals surface area contributed by atoms with Gasteiger partial charge in [0, 0.05) is 24.6 Å². The van der Waals surface area contributed by atoms with Gasteiger partial charge in [-0.1, -0.05) is 0 Å². The number of terminal acetylenes is 1. The van der Waals surface area contributed by atoms with E-state index < -0.39 is 0 Å². The molecule has 1 aromatic carbocycles. The molecule has 3 heteroatoms. The van der Waals surface area contributed by atoms with Crippen LogP contribution in [0.1, 0.15) is 24.8 Å². The third-order valence-electron chi connectivity index (χ3n) is 2.93. The van der Waals surface area contributed by atoms with Crippen LogP contribution in [-0.2, 0) is 6.54 Å². The van der Waals surface area contributed by atoms with E-state index in [1.54, 1.807) is 7.11 Å². The smallest absolute Gasteiger partial charge is 0.124 e. The predicted molar refractivity (Wildman–Crippen MR) is 71.8 cm³/mol. The van der Waals surface area contributed by atoms with Crippen molar-refractivity contribution in [1.82, 2.24) is 5.32 Å². The summed E-state index contributed by atoms with van der Waals surface area (Å²) < 4.78 is 10.9. The molecule has 1 aliphatic rings. The van der Waals surface area contributed by atoms with Crippen LogP contribution in [0, 0.1) is 12.3 Å². The molecular weight excluding hydrogens is 226 g/mol. The zero-order valence-corrected chi connectivity index (χ0v) is 10.7. The molecule has 1 aromatic rings. The molecular formula is C15H19NO2. The molecule has 96 valence electrons. The van der Waals surface area contributed by atoms with E-state index >= 15 is 0 Å². The van der Waals surface area contributed by atoms with Crippen LogP contribution < -0.4 is 14.8 Å². The highest BCUT2D eigenvalue weighted by molar-refractivity contribution is 5.40. The summed E-state index contributed by atoms with van der Waals surface area (Å²) in [4.78, 5) is 0. The van der Waals surface area contributed by atoms with Crippen LogP contribution in [0.5, 0.6) is 11.5 Å². The summed E-state index contributed by atoms with van der Waals surface area (Å²) in [6.45, 7) is 1.37. The van der Waals surface area contributed by atoms with Crippen molar-refractivity contribution < 1.29 is 9.47 Å². The summed E-state index contributed by atoms with van der Waals surface area (Å²) in [5, 5.41) is 3.48. The zero-order valence-electron chi connectivity index (χ0n) is 10.7. The molecule has 2 rings (SSSR count). The Morgan fingerprint density at radius 3 is 2.94 bits per heavy atom. The number of hydrogen-bond acceptors (Lipinski definition) is 3. The lowest BCUT2D eigenvalue weighted by Gasteiger charge is -2.13. The van der Waals surface area contributed by atoms with Gasteiger partial charge >= 0.3 is 0 Å². The number of benzene rings is 1. The van der Waals surface area contributed by atoms with Crippen molar-refractivity contribution in [2.75, 3.05) is 13.7 Å². The first-order valence-electron chi connectivity index (χ1n) is 6.30. The molecule has 0 spiro atoms. The van der Waals surface area contributed by atoms with Crippen molar-refractivity contribution in [2.24, 2.45) is 0 Å². The predicted octanol–water partition coefficient (Wildman–Crippen LogP) is 2.35. The third-order valence-corrected chi connectivity index (χ3v) is 2.93. The van der Waals surface area contributed by atoms with E-state index in [9.17, 15) is 0 Å². The standard InChI is InChI=1S/C15H19NO2/c1-3-4-9-18-15-8-7-14(17-2)10-12(15)11-16-13-5-6-13/h1,7-8,10,13,16H,4-6,9,11H2,2H3. The monoisotopic (exact) mass is 245 g/mol. The molecule has 0 unspecified atom stereocenters. The second kappa shape index (κ2) is 6.32. The van der Waals surface area contributed by atoms with Crippen LogP contribution in [0.4, 0.5) is 0 Å². The molecule has 0 heterocycles. The average Bonchev–Trinajstić information content (AvgIpc) is 3.21. The normalized spacial score (nSPS) is 14.0. The summed E-state index contributed by atoms with van der Waals surface area (Å²) in [5.41, 5.74) is 1.12. The van der Waals surface area contributed by atoms with Crippen molar-refractivity contribution in [3.8, 4) is 23.8 Å². The van der Waals surface area contributed by atoms with Crippen LogP contribution in [-0.4, -0.2) is 19.8 Å². The van der Waals surface area contributed by atoms with Gasteiger partial charge in [0.1, 0.15) is 11.5 Å². The lowest BCUT2D eigenvalue weighted by atomic mass is 10.2. The fraction of sp³-hybridized carbons (Fsp3) is 0.467. The summed E-state index contributed by atoms with van der Waals surface area (Å²) in [6, 6.07) is 6.54. The Hall–Kier alpha value is -1.66. The number of hydrogen-bond donors (Lipinski definition) is 1. The second-order valence-corrected chi connectivity index (χ2v) is 4.43. The lowest BCUT2D eigenvalue weighted by molar-refractivity contribution is 0.321. The molecule has 1 saturated carbocycles. The zero-order chi connectivity index (χ0) is 12.8. The van der Waals surface area contributed by atoms with Crippen LogP contribution in [0.25, 0.3) is 0 Å². The Morgan fingerprint density at radius 1 is 1.44 bits per heavy atom. The van der Waals surface area contributed by atoms with Crippen molar-refractivity contribution >= 4 is 0 Å². The molecule has 0 aromatic heterocycles. The third kappa shape index (κ3) is 3.68. The van der Waals surface area contributed by atoms with Crippen molar-refractivity contribution in [2.45, 2.75) is 31.8 Å². The van der Waals surface area contributed by atoms with Crippen LogP contribution in [0.3, 0.4) is 0 Å². The van der Waals surface area contributed by atoms with E-state index in [-0.39, 0.29) is 0 Å².